The molecule has 1 aromatic rings. The minimum Gasteiger partial charge on any atom is -0.357 e. The van der Waals surface area contributed by atoms with Crippen LogP contribution in [-0.2, 0) is 12.7 Å². The monoisotopic (exact) mass is 428 g/mol. The number of aliphatic imine (C=N–C) groups is 1. The summed E-state index contributed by atoms with van der Waals surface area (Å²) in [6, 6.07) is 2.41. The first-order valence-electron chi connectivity index (χ1n) is 9.15. The zero-order valence-electron chi connectivity index (χ0n) is 15.8. The molecule has 1 atom stereocenters. The molecule has 1 unspecified atom stereocenters. The maximum atomic E-state index is 13.2. The van der Waals surface area contributed by atoms with Gasteiger partial charge in [0.1, 0.15) is 5.82 Å². The molecule has 2 N–H and O–H groups in total. The van der Waals surface area contributed by atoms with Crippen molar-refractivity contribution in [1.82, 2.24) is 15.5 Å². The minimum absolute atomic E-state index is 0.0298. The molecule has 0 bridgehead atoms. The lowest BCUT2D eigenvalue weighted by Gasteiger charge is -2.19. The van der Waals surface area contributed by atoms with Crippen LogP contribution in [0.15, 0.2) is 23.2 Å². The van der Waals surface area contributed by atoms with Gasteiger partial charge >= 0.3 is 12.4 Å². The topological polar surface area (TPSA) is 39.7 Å². The van der Waals surface area contributed by atoms with E-state index in [-0.39, 0.29) is 30.5 Å². The molecule has 1 aliphatic heterocycles. The molecule has 1 aliphatic rings. The van der Waals surface area contributed by atoms with E-state index in [9.17, 15) is 30.7 Å². The third-order valence-electron chi connectivity index (χ3n) is 4.46. The van der Waals surface area contributed by atoms with Gasteiger partial charge in [0.2, 0.25) is 0 Å². The van der Waals surface area contributed by atoms with Gasteiger partial charge < -0.3 is 10.6 Å². The van der Waals surface area contributed by atoms with Crippen molar-refractivity contribution in [1.29, 1.82) is 0 Å². The van der Waals surface area contributed by atoms with Crippen molar-refractivity contribution in [3.8, 4) is 0 Å². The molecule has 1 heterocycles. The number of benzene rings is 1. The molecule has 1 saturated heterocycles. The summed E-state index contributed by atoms with van der Waals surface area (Å²) in [4.78, 5) is 5.43. The van der Waals surface area contributed by atoms with Crippen molar-refractivity contribution >= 4 is 5.96 Å². The van der Waals surface area contributed by atoms with Gasteiger partial charge in [-0.3, -0.25) is 4.90 Å². The molecule has 1 fully saturated rings. The minimum atomic E-state index is -4.70. The second kappa shape index (κ2) is 9.64. The van der Waals surface area contributed by atoms with E-state index in [0.717, 1.165) is 12.1 Å². The standard InChI is InChI=1S/C18H23F7N4/c1-2-26-16(27-8-12-5-6-29(10-12)11-17(20,21)22)28-9-13-3-4-14(19)7-15(13)18(23,24)25/h3-4,7,12H,2,5-6,8-11H2,1H3,(H2,26,27,28). The number of hydrogen-bond donors (Lipinski definition) is 2. The van der Waals surface area contributed by atoms with Crippen LogP contribution in [0.3, 0.4) is 0 Å². The molecule has 0 spiro atoms. The van der Waals surface area contributed by atoms with Gasteiger partial charge in [-0.1, -0.05) is 6.07 Å². The highest BCUT2D eigenvalue weighted by Gasteiger charge is 2.35. The van der Waals surface area contributed by atoms with Gasteiger partial charge in [-0.25, -0.2) is 9.38 Å². The average Bonchev–Trinajstić information content (AvgIpc) is 3.02. The molecule has 11 heteroatoms. The van der Waals surface area contributed by atoms with Crippen LogP contribution in [-0.4, -0.2) is 49.8 Å². The quantitative estimate of drug-likeness (QED) is 0.412. The molecule has 1 aromatic carbocycles. The number of halogens is 7. The van der Waals surface area contributed by atoms with E-state index in [1.807, 2.05) is 0 Å². The molecule has 0 amide bonds. The summed E-state index contributed by atoms with van der Waals surface area (Å²) >= 11 is 0. The van der Waals surface area contributed by atoms with Crippen LogP contribution >= 0.6 is 0 Å². The second-order valence-electron chi connectivity index (χ2n) is 6.88. The Morgan fingerprint density at radius 2 is 1.90 bits per heavy atom. The normalized spacial score (nSPS) is 18.9. The molecule has 0 aromatic heterocycles. The molecule has 164 valence electrons. The van der Waals surface area contributed by atoms with Crippen molar-refractivity contribution in [2.75, 3.05) is 32.7 Å². The van der Waals surface area contributed by atoms with E-state index in [4.69, 9.17) is 0 Å². The fraction of sp³-hybridized carbons (Fsp3) is 0.611. The van der Waals surface area contributed by atoms with Crippen LogP contribution in [0.1, 0.15) is 24.5 Å². The molecule has 2 rings (SSSR count). The molecule has 0 aliphatic carbocycles. The number of nitrogens with zero attached hydrogens (tertiary/aromatic N) is 2. The number of nitrogens with one attached hydrogen (secondary N) is 2. The van der Waals surface area contributed by atoms with Crippen LogP contribution in [0.25, 0.3) is 0 Å². The predicted octanol–water partition coefficient (Wildman–Crippen LogP) is 3.78. The van der Waals surface area contributed by atoms with Crippen LogP contribution in [0, 0.1) is 11.7 Å². The fourth-order valence-corrected chi connectivity index (χ4v) is 3.17. The maximum Gasteiger partial charge on any atom is 0.416 e. The molecule has 4 nitrogen and oxygen atoms in total. The SMILES string of the molecule is CCNC(=NCc1ccc(F)cc1C(F)(F)F)NCC1CCN(CC(F)(F)F)C1. The van der Waals surface area contributed by atoms with Crippen molar-refractivity contribution < 1.29 is 30.7 Å². The van der Waals surface area contributed by atoms with Crippen LogP contribution in [0.2, 0.25) is 0 Å². The third kappa shape index (κ3) is 7.71. The average molecular weight is 428 g/mol. The lowest BCUT2D eigenvalue weighted by atomic mass is 10.1. The Morgan fingerprint density at radius 1 is 1.17 bits per heavy atom. The summed E-state index contributed by atoms with van der Waals surface area (Å²) in [5.41, 5.74) is -1.26. The van der Waals surface area contributed by atoms with E-state index in [2.05, 4.69) is 15.6 Å². The van der Waals surface area contributed by atoms with Gasteiger partial charge in [0.25, 0.3) is 0 Å². The Morgan fingerprint density at radius 3 is 2.52 bits per heavy atom. The van der Waals surface area contributed by atoms with E-state index in [1.54, 1.807) is 6.92 Å². The second-order valence-corrected chi connectivity index (χ2v) is 6.88. The van der Waals surface area contributed by atoms with E-state index < -0.39 is 30.3 Å². The number of likely N-dealkylation sites (tertiary alicyclic amines) is 1. The van der Waals surface area contributed by atoms with Gasteiger partial charge in [-0.05, 0) is 43.5 Å². The molecule has 29 heavy (non-hydrogen) atoms. The number of hydrogen-bond acceptors (Lipinski definition) is 2. The lowest BCUT2D eigenvalue weighted by Crippen LogP contribution is -2.40. The highest BCUT2D eigenvalue weighted by Crippen LogP contribution is 2.32. The number of guanidine groups is 1. The highest BCUT2D eigenvalue weighted by atomic mass is 19.4. The van der Waals surface area contributed by atoms with E-state index in [0.29, 0.717) is 32.1 Å². The smallest absolute Gasteiger partial charge is 0.357 e. The van der Waals surface area contributed by atoms with Crippen molar-refractivity contribution in [3.05, 3.63) is 35.1 Å². The largest absolute Gasteiger partial charge is 0.416 e. The van der Waals surface area contributed by atoms with Crippen molar-refractivity contribution in [2.45, 2.75) is 32.2 Å². The first-order chi connectivity index (χ1) is 13.5. The van der Waals surface area contributed by atoms with E-state index in [1.165, 1.54) is 4.90 Å². The van der Waals surface area contributed by atoms with E-state index >= 15 is 0 Å². The summed E-state index contributed by atoms with van der Waals surface area (Å²) < 4.78 is 89.8. The van der Waals surface area contributed by atoms with Crippen LogP contribution < -0.4 is 10.6 Å². The fourth-order valence-electron chi connectivity index (χ4n) is 3.17. The van der Waals surface area contributed by atoms with Gasteiger partial charge in [-0.2, -0.15) is 26.3 Å². The Labute approximate surface area is 164 Å². The Hall–Kier alpha value is -2.04. The molecular weight excluding hydrogens is 405 g/mol. The zero-order valence-corrected chi connectivity index (χ0v) is 15.8. The Balaban J connectivity index is 1.98. The Kier molecular flexibility index (Phi) is 7.73. The van der Waals surface area contributed by atoms with Gasteiger partial charge in [0.15, 0.2) is 5.96 Å². The molecular formula is C18H23F7N4. The molecule has 0 saturated carbocycles. The van der Waals surface area contributed by atoms with Crippen molar-refractivity contribution in [2.24, 2.45) is 10.9 Å². The number of rotatable bonds is 6. The summed E-state index contributed by atoms with van der Waals surface area (Å²) in [5.74, 6) is -0.767. The molecule has 0 radical (unpaired) electrons. The summed E-state index contributed by atoms with van der Waals surface area (Å²) in [6.07, 6.45) is -8.37. The first-order valence-corrected chi connectivity index (χ1v) is 9.15. The third-order valence-corrected chi connectivity index (χ3v) is 4.46. The first kappa shape index (κ1) is 23.2. The summed E-state index contributed by atoms with van der Waals surface area (Å²) in [5, 5.41) is 5.85. The summed E-state index contributed by atoms with van der Waals surface area (Å²) in [6.45, 7) is 1.91. The van der Waals surface area contributed by atoms with Gasteiger partial charge in [-0.15, -0.1) is 0 Å². The van der Waals surface area contributed by atoms with Crippen molar-refractivity contribution in [3.63, 3.8) is 0 Å². The number of alkyl halides is 6. The lowest BCUT2D eigenvalue weighted by molar-refractivity contribution is -0.143. The van der Waals surface area contributed by atoms with Gasteiger partial charge in [0.05, 0.1) is 18.7 Å². The predicted molar refractivity (Wildman–Crippen MR) is 94.8 cm³/mol. The maximum absolute atomic E-state index is 13.2. The summed E-state index contributed by atoms with van der Waals surface area (Å²) in [7, 11) is 0. The Bertz CT molecular complexity index is 700. The van der Waals surface area contributed by atoms with Crippen LogP contribution in [0.4, 0.5) is 30.7 Å². The van der Waals surface area contributed by atoms with Gasteiger partial charge in [0, 0.05) is 19.6 Å². The van der Waals surface area contributed by atoms with Crippen LogP contribution in [0.5, 0.6) is 0 Å². The highest BCUT2D eigenvalue weighted by molar-refractivity contribution is 5.79. The zero-order chi connectivity index (χ0) is 21.7.